The van der Waals surface area contributed by atoms with E-state index >= 15 is 0 Å². The van der Waals surface area contributed by atoms with Crippen molar-refractivity contribution in [3.05, 3.63) is 35.4 Å². The summed E-state index contributed by atoms with van der Waals surface area (Å²) in [6, 6.07) is 7.93. The van der Waals surface area contributed by atoms with Gasteiger partial charge in [0.25, 0.3) is 5.91 Å². The number of carbonyl (C=O) groups excluding carboxylic acids is 3. The Bertz CT molecular complexity index is 717. The summed E-state index contributed by atoms with van der Waals surface area (Å²) in [4.78, 5) is 39.2. The first kappa shape index (κ1) is 20.9. The second-order valence-corrected chi connectivity index (χ2v) is 8.81. The lowest BCUT2D eigenvalue weighted by Gasteiger charge is -2.21. The maximum absolute atomic E-state index is 12.4. The molecule has 1 N–H and O–H groups in total. The second kappa shape index (κ2) is 7.71. The van der Waals surface area contributed by atoms with Crippen LogP contribution in [0.15, 0.2) is 24.3 Å². The van der Waals surface area contributed by atoms with E-state index in [1.165, 1.54) is 10.5 Å². The molecule has 1 aromatic rings. The molecule has 27 heavy (non-hydrogen) atoms. The fourth-order valence-electron chi connectivity index (χ4n) is 3.07. The van der Waals surface area contributed by atoms with E-state index in [4.69, 9.17) is 0 Å². The topological polar surface area (TPSA) is 69.7 Å². The minimum Gasteiger partial charge on any atom is -0.341 e. The highest BCUT2D eigenvalue weighted by molar-refractivity contribution is 6.06. The summed E-state index contributed by atoms with van der Waals surface area (Å²) in [5.74, 6) is -0.242. The largest absolute Gasteiger partial charge is 0.341 e. The molecule has 148 valence electrons. The van der Waals surface area contributed by atoms with Gasteiger partial charge in [-0.3, -0.25) is 14.5 Å². The number of nitrogens with zero attached hydrogens (tertiary/aromatic N) is 2. The lowest BCUT2D eigenvalue weighted by molar-refractivity contribution is -0.132. The third-order valence-corrected chi connectivity index (χ3v) is 4.88. The van der Waals surface area contributed by atoms with Gasteiger partial charge < -0.3 is 10.2 Å². The molecule has 1 saturated heterocycles. The molecule has 1 aliphatic heterocycles. The molecule has 1 heterocycles. The molecule has 2 rings (SSSR count). The summed E-state index contributed by atoms with van der Waals surface area (Å²) < 4.78 is 0. The minimum atomic E-state index is -0.864. The molecule has 0 bridgehead atoms. The number of carbonyl (C=O) groups is 3. The number of benzene rings is 1. The Balaban J connectivity index is 1.82. The number of urea groups is 1. The quantitative estimate of drug-likeness (QED) is 0.779. The molecule has 6 nitrogen and oxygen atoms in total. The number of rotatable bonds is 6. The number of hydrogen-bond acceptors (Lipinski definition) is 3. The van der Waals surface area contributed by atoms with Crippen LogP contribution in [0.2, 0.25) is 0 Å². The molecule has 0 unspecified atom stereocenters. The van der Waals surface area contributed by atoms with E-state index in [9.17, 15) is 14.4 Å². The van der Waals surface area contributed by atoms with Crippen LogP contribution in [0.3, 0.4) is 0 Å². The third kappa shape index (κ3) is 5.08. The van der Waals surface area contributed by atoms with Gasteiger partial charge in [-0.15, -0.1) is 0 Å². The van der Waals surface area contributed by atoms with Crippen LogP contribution in [-0.2, 0) is 21.5 Å². The molecular weight excluding hydrogens is 342 g/mol. The molecular formula is C21H31N3O3. The summed E-state index contributed by atoms with van der Waals surface area (Å²) in [6.07, 6.45) is 0.759. The monoisotopic (exact) mass is 373 g/mol. The Kier molecular flexibility index (Phi) is 5.97. The van der Waals surface area contributed by atoms with E-state index in [-0.39, 0.29) is 29.8 Å². The minimum absolute atomic E-state index is 0.00112. The molecule has 0 aliphatic carbocycles. The van der Waals surface area contributed by atoms with Crippen LogP contribution in [0.1, 0.15) is 58.6 Å². The Morgan fingerprint density at radius 3 is 2.22 bits per heavy atom. The molecule has 0 saturated carbocycles. The highest BCUT2D eigenvalue weighted by Gasteiger charge is 2.43. The lowest BCUT2D eigenvalue weighted by Crippen LogP contribution is -2.40. The fraction of sp³-hybridized carbons (Fsp3) is 0.571. The standard InChI is InChI=1S/C21H31N3O3/c1-20(2,3)16-11-9-15(10-12-16)14-23(6)17(25)8-7-13-24-18(26)21(4,5)22-19(24)27/h9-12H,7-8,13-14H2,1-6H3,(H,22,27). The molecule has 0 aromatic heterocycles. The van der Waals surface area contributed by atoms with E-state index < -0.39 is 5.54 Å². The van der Waals surface area contributed by atoms with Crippen molar-refractivity contribution in [1.82, 2.24) is 15.1 Å². The van der Waals surface area contributed by atoms with Gasteiger partial charge in [-0.2, -0.15) is 0 Å². The summed E-state index contributed by atoms with van der Waals surface area (Å²) in [5, 5.41) is 2.64. The van der Waals surface area contributed by atoms with Gasteiger partial charge in [-0.05, 0) is 36.8 Å². The van der Waals surface area contributed by atoms with E-state index in [1.54, 1.807) is 25.8 Å². The average Bonchev–Trinajstić information content (AvgIpc) is 2.75. The second-order valence-electron chi connectivity index (χ2n) is 8.81. The molecule has 6 heteroatoms. The van der Waals surface area contributed by atoms with Crippen LogP contribution >= 0.6 is 0 Å². The van der Waals surface area contributed by atoms with E-state index in [0.29, 0.717) is 19.4 Å². The maximum atomic E-state index is 12.4. The first-order chi connectivity index (χ1) is 12.4. The summed E-state index contributed by atoms with van der Waals surface area (Å²) in [6.45, 7) is 10.7. The zero-order valence-corrected chi connectivity index (χ0v) is 17.3. The van der Waals surface area contributed by atoms with Crippen molar-refractivity contribution in [3.63, 3.8) is 0 Å². The summed E-state index contributed by atoms with van der Waals surface area (Å²) in [7, 11) is 1.77. The highest BCUT2D eigenvalue weighted by atomic mass is 16.2. The molecule has 4 amide bonds. The molecule has 1 fully saturated rings. The van der Waals surface area contributed by atoms with Crippen LogP contribution < -0.4 is 5.32 Å². The first-order valence-corrected chi connectivity index (χ1v) is 9.39. The smallest absolute Gasteiger partial charge is 0.325 e. The van der Waals surface area contributed by atoms with Crippen molar-refractivity contribution in [2.45, 2.75) is 65.0 Å². The normalized spacial score (nSPS) is 16.4. The Labute approximate surface area is 161 Å². The number of hydrogen-bond donors (Lipinski definition) is 1. The molecule has 0 spiro atoms. The Hall–Kier alpha value is -2.37. The number of imide groups is 1. The van der Waals surface area contributed by atoms with Crippen LogP contribution in [0, 0.1) is 0 Å². The van der Waals surface area contributed by atoms with Gasteiger partial charge in [-0.25, -0.2) is 4.79 Å². The van der Waals surface area contributed by atoms with Crippen LogP contribution in [0.5, 0.6) is 0 Å². The third-order valence-electron chi connectivity index (χ3n) is 4.88. The van der Waals surface area contributed by atoms with Gasteiger partial charge in [0.05, 0.1) is 0 Å². The van der Waals surface area contributed by atoms with Crippen molar-refractivity contribution in [2.24, 2.45) is 0 Å². The van der Waals surface area contributed by atoms with Gasteiger partial charge in [0.15, 0.2) is 0 Å². The molecule has 0 atom stereocenters. The van der Waals surface area contributed by atoms with E-state index in [2.05, 4.69) is 50.4 Å². The number of amides is 4. The van der Waals surface area contributed by atoms with Crippen LogP contribution in [0.4, 0.5) is 4.79 Å². The van der Waals surface area contributed by atoms with Gasteiger partial charge >= 0.3 is 6.03 Å². The highest BCUT2D eigenvalue weighted by Crippen LogP contribution is 2.22. The van der Waals surface area contributed by atoms with Crippen molar-refractivity contribution in [2.75, 3.05) is 13.6 Å². The molecule has 0 radical (unpaired) electrons. The zero-order chi connectivity index (χ0) is 20.4. The van der Waals surface area contributed by atoms with E-state index in [1.807, 2.05) is 0 Å². The number of nitrogens with one attached hydrogen (secondary N) is 1. The van der Waals surface area contributed by atoms with Gasteiger partial charge in [0.2, 0.25) is 5.91 Å². The molecule has 1 aliphatic rings. The summed E-state index contributed by atoms with van der Waals surface area (Å²) in [5.41, 5.74) is 1.58. The van der Waals surface area contributed by atoms with Crippen LogP contribution in [-0.4, -0.2) is 46.8 Å². The van der Waals surface area contributed by atoms with Crippen molar-refractivity contribution in [1.29, 1.82) is 0 Å². The van der Waals surface area contributed by atoms with Crippen LogP contribution in [0.25, 0.3) is 0 Å². The fourth-order valence-corrected chi connectivity index (χ4v) is 3.07. The Morgan fingerprint density at radius 1 is 1.15 bits per heavy atom. The van der Waals surface area contributed by atoms with Gasteiger partial charge in [-0.1, -0.05) is 45.0 Å². The SMILES string of the molecule is CN(Cc1ccc(C(C)(C)C)cc1)C(=O)CCCN1C(=O)NC(C)(C)C1=O. The van der Waals surface area contributed by atoms with Gasteiger partial charge in [0.1, 0.15) is 5.54 Å². The van der Waals surface area contributed by atoms with E-state index in [0.717, 1.165) is 5.56 Å². The lowest BCUT2D eigenvalue weighted by atomic mass is 9.87. The first-order valence-electron chi connectivity index (χ1n) is 9.39. The Morgan fingerprint density at radius 2 is 1.74 bits per heavy atom. The van der Waals surface area contributed by atoms with Crippen molar-refractivity contribution < 1.29 is 14.4 Å². The predicted octanol–water partition coefficient (Wildman–Crippen LogP) is 3.05. The van der Waals surface area contributed by atoms with Gasteiger partial charge in [0, 0.05) is 26.6 Å². The molecule has 1 aromatic carbocycles. The summed E-state index contributed by atoms with van der Waals surface area (Å²) >= 11 is 0. The van der Waals surface area contributed by atoms with Crippen molar-refractivity contribution in [3.8, 4) is 0 Å². The average molecular weight is 373 g/mol. The predicted molar refractivity (Wildman–Crippen MR) is 105 cm³/mol. The zero-order valence-electron chi connectivity index (χ0n) is 17.3. The van der Waals surface area contributed by atoms with Crippen molar-refractivity contribution >= 4 is 17.8 Å². The maximum Gasteiger partial charge on any atom is 0.325 e.